The SMILES string of the molecule is C=C(C)COc1ccc(NCC(=O)Nc2ccc(OCCc3ccccc3)cc2)cc1. The van der Waals surface area contributed by atoms with Crippen LogP contribution in [0.25, 0.3) is 0 Å². The van der Waals surface area contributed by atoms with E-state index in [-0.39, 0.29) is 12.5 Å². The first kappa shape index (κ1) is 22.0. The highest BCUT2D eigenvalue weighted by Crippen LogP contribution is 2.17. The first-order chi connectivity index (χ1) is 15.1. The van der Waals surface area contributed by atoms with Crippen molar-refractivity contribution in [1.82, 2.24) is 0 Å². The van der Waals surface area contributed by atoms with E-state index in [9.17, 15) is 4.79 Å². The topological polar surface area (TPSA) is 59.6 Å². The summed E-state index contributed by atoms with van der Waals surface area (Å²) in [5.41, 5.74) is 3.78. The number of benzene rings is 3. The lowest BCUT2D eigenvalue weighted by molar-refractivity contribution is -0.114. The average molecular weight is 417 g/mol. The summed E-state index contributed by atoms with van der Waals surface area (Å²) in [4.78, 5) is 12.2. The number of amides is 1. The molecule has 3 aromatic carbocycles. The summed E-state index contributed by atoms with van der Waals surface area (Å²) in [6.45, 7) is 7.00. The molecule has 160 valence electrons. The maximum atomic E-state index is 12.2. The summed E-state index contributed by atoms with van der Waals surface area (Å²) in [5, 5.41) is 5.98. The fraction of sp³-hybridized carbons (Fsp3) is 0.192. The minimum atomic E-state index is -0.125. The lowest BCUT2D eigenvalue weighted by Gasteiger charge is -2.10. The van der Waals surface area contributed by atoms with Crippen LogP contribution in [0.1, 0.15) is 12.5 Å². The Balaban J connectivity index is 1.38. The van der Waals surface area contributed by atoms with Gasteiger partial charge in [0.15, 0.2) is 0 Å². The quantitative estimate of drug-likeness (QED) is 0.416. The van der Waals surface area contributed by atoms with Gasteiger partial charge >= 0.3 is 0 Å². The Hall–Kier alpha value is -3.73. The fourth-order valence-electron chi connectivity index (χ4n) is 2.83. The van der Waals surface area contributed by atoms with Crippen LogP contribution in [0, 0.1) is 0 Å². The van der Waals surface area contributed by atoms with Gasteiger partial charge in [0.05, 0.1) is 13.2 Å². The van der Waals surface area contributed by atoms with Gasteiger partial charge in [-0.2, -0.15) is 0 Å². The molecule has 31 heavy (non-hydrogen) atoms. The predicted octanol–water partition coefficient (Wildman–Crippen LogP) is 5.31. The fourth-order valence-corrected chi connectivity index (χ4v) is 2.83. The van der Waals surface area contributed by atoms with Crippen LogP contribution < -0.4 is 20.1 Å². The largest absolute Gasteiger partial charge is 0.493 e. The number of hydrogen-bond donors (Lipinski definition) is 2. The molecule has 0 atom stereocenters. The van der Waals surface area contributed by atoms with Gasteiger partial charge in [0.2, 0.25) is 5.91 Å². The van der Waals surface area contributed by atoms with Crippen LogP contribution in [0.3, 0.4) is 0 Å². The lowest BCUT2D eigenvalue weighted by atomic mass is 10.2. The molecule has 0 aliphatic heterocycles. The zero-order valence-corrected chi connectivity index (χ0v) is 17.8. The molecule has 5 heteroatoms. The number of carbonyl (C=O) groups is 1. The molecule has 3 aromatic rings. The third kappa shape index (κ3) is 7.90. The summed E-state index contributed by atoms with van der Waals surface area (Å²) in [6.07, 6.45) is 0.853. The van der Waals surface area contributed by atoms with Crippen LogP contribution in [-0.2, 0) is 11.2 Å². The standard InChI is InChI=1S/C26H28N2O3/c1-20(2)19-31-25-12-8-22(9-13-25)27-18-26(29)28-23-10-14-24(15-11-23)30-17-16-21-6-4-3-5-7-21/h3-15,27H,1,16-19H2,2H3,(H,28,29). The highest BCUT2D eigenvalue weighted by atomic mass is 16.5. The third-order valence-corrected chi connectivity index (χ3v) is 4.43. The van der Waals surface area contributed by atoms with Crippen LogP contribution in [0.5, 0.6) is 11.5 Å². The van der Waals surface area contributed by atoms with Gasteiger partial charge in [-0.15, -0.1) is 0 Å². The molecule has 0 spiro atoms. The van der Waals surface area contributed by atoms with Crippen molar-refractivity contribution in [1.29, 1.82) is 0 Å². The van der Waals surface area contributed by atoms with E-state index in [0.717, 1.165) is 34.9 Å². The van der Waals surface area contributed by atoms with Crippen molar-refractivity contribution < 1.29 is 14.3 Å². The van der Waals surface area contributed by atoms with E-state index in [4.69, 9.17) is 9.47 Å². The molecule has 0 aliphatic carbocycles. The Morgan fingerprint density at radius 1 is 0.839 bits per heavy atom. The molecule has 0 fully saturated rings. The van der Waals surface area contributed by atoms with Gasteiger partial charge in [-0.1, -0.05) is 36.9 Å². The van der Waals surface area contributed by atoms with Gasteiger partial charge < -0.3 is 20.1 Å². The summed E-state index contributed by atoms with van der Waals surface area (Å²) in [6, 6.07) is 25.1. The van der Waals surface area contributed by atoms with E-state index in [1.54, 1.807) is 0 Å². The molecule has 0 saturated heterocycles. The number of anilines is 2. The normalized spacial score (nSPS) is 10.2. The maximum absolute atomic E-state index is 12.2. The molecule has 0 aromatic heterocycles. The van der Waals surface area contributed by atoms with E-state index in [1.165, 1.54) is 5.56 Å². The molecule has 1 amide bonds. The summed E-state index contributed by atoms with van der Waals surface area (Å²) in [5.74, 6) is 1.42. The van der Waals surface area contributed by atoms with E-state index in [1.807, 2.05) is 73.7 Å². The number of hydrogen-bond acceptors (Lipinski definition) is 4. The maximum Gasteiger partial charge on any atom is 0.243 e. The van der Waals surface area contributed by atoms with Crippen LogP contribution in [0.4, 0.5) is 11.4 Å². The van der Waals surface area contributed by atoms with Crippen molar-refractivity contribution >= 4 is 17.3 Å². The number of ether oxygens (including phenoxy) is 2. The van der Waals surface area contributed by atoms with Crippen molar-refractivity contribution in [2.75, 3.05) is 30.4 Å². The van der Waals surface area contributed by atoms with Gasteiger partial charge in [-0.25, -0.2) is 0 Å². The minimum absolute atomic E-state index is 0.125. The number of carbonyl (C=O) groups excluding carboxylic acids is 1. The second-order valence-electron chi connectivity index (χ2n) is 7.28. The van der Waals surface area contributed by atoms with Gasteiger partial charge in [0.25, 0.3) is 0 Å². The number of nitrogens with one attached hydrogen (secondary N) is 2. The molecule has 0 aliphatic rings. The average Bonchev–Trinajstić information content (AvgIpc) is 2.79. The molecule has 0 radical (unpaired) electrons. The zero-order valence-electron chi connectivity index (χ0n) is 17.8. The zero-order chi connectivity index (χ0) is 21.9. The van der Waals surface area contributed by atoms with Gasteiger partial charge in [0.1, 0.15) is 18.1 Å². The molecule has 2 N–H and O–H groups in total. The minimum Gasteiger partial charge on any atom is -0.493 e. The van der Waals surface area contributed by atoms with Crippen LogP contribution in [-0.4, -0.2) is 25.7 Å². The van der Waals surface area contributed by atoms with Crippen LogP contribution >= 0.6 is 0 Å². The van der Waals surface area contributed by atoms with Crippen LogP contribution in [0.2, 0.25) is 0 Å². The Kier molecular flexibility index (Phi) is 8.12. The van der Waals surface area contributed by atoms with Gasteiger partial charge in [-0.05, 0) is 66.6 Å². The molecule has 5 nitrogen and oxygen atoms in total. The highest BCUT2D eigenvalue weighted by Gasteiger charge is 2.04. The van der Waals surface area contributed by atoms with E-state index in [0.29, 0.717) is 13.2 Å². The molecule has 0 unspecified atom stereocenters. The van der Waals surface area contributed by atoms with Crippen LogP contribution in [0.15, 0.2) is 91.0 Å². The van der Waals surface area contributed by atoms with E-state index >= 15 is 0 Å². The summed E-state index contributed by atoms with van der Waals surface area (Å²) in [7, 11) is 0. The molecule has 0 heterocycles. The van der Waals surface area contributed by atoms with E-state index in [2.05, 4.69) is 29.3 Å². The highest BCUT2D eigenvalue weighted by molar-refractivity contribution is 5.93. The smallest absolute Gasteiger partial charge is 0.243 e. The predicted molar refractivity (Wildman–Crippen MR) is 126 cm³/mol. The van der Waals surface area contributed by atoms with Crippen molar-refractivity contribution in [3.8, 4) is 11.5 Å². The van der Waals surface area contributed by atoms with Crippen molar-refractivity contribution in [2.45, 2.75) is 13.3 Å². The van der Waals surface area contributed by atoms with Crippen molar-refractivity contribution in [2.24, 2.45) is 0 Å². The Bertz CT molecular complexity index is 968. The molecule has 0 saturated carbocycles. The van der Waals surface area contributed by atoms with Crippen molar-refractivity contribution in [3.63, 3.8) is 0 Å². The molecule has 3 rings (SSSR count). The monoisotopic (exact) mass is 416 g/mol. The Morgan fingerprint density at radius 2 is 1.45 bits per heavy atom. The summed E-state index contributed by atoms with van der Waals surface area (Å²) >= 11 is 0. The lowest BCUT2D eigenvalue weighted by Crippen LogP contribution is -2.21. The van der Waals surface area contributed by atoms with Crippen molar-refractivity contribution in [3.05, 3.63) is 96.6 Å². The first-order valence-corrected chi connectivity index (χ1v) is 10.3. The Morgan fingerprint density at radius 3 is 2.10 bits per heavy atom. The van der Waals surface area contributed by atoms with Gasteiger partial charge in [-0.3, -0.25) is 4.79 Å². The number of rotatable bonds is 11. The Labute approximate surface area is 183 Å². The molecular formula is C26H28N2O3. The first-order valence-electron chi connectivity index (χ1n) is 10.3. The third-order valence-electron chi connectivity index (χ3n) is 4.43. The second kappa shape index (κ2) is 11.5. The summed E-state index contributed by atoms with van der Waals surface area (Å²) < 4.78 is 11.3. The second-order valence-corrected chi connectivity index (χ2v) is 7.28. The van der Waals surface area contributed by atoms with Gasteiger partial charge in [0, 0.05) is 17.8 Å². The molecule has 0 bridgehead atoms. The molecular weight excluding hydrogens is 388 g/mol. The van der Waals surface area contributed by atoms with E-state index < -0.39 is 0 Å².